The molecule has 0 saturated heterocycles. The Morgan fingerprint density at radius 1 is 1.50 bits per heavy atom. The zero-order chi connectivity index (χ0) is 10.1. The fraction of sp³-hybridized carbons (Fsp3) is 0.300. The Morgan fingerprint density at radius 2 is 2.29 bits per heavy atom. The lowest BCUT2D eigenvalue weighted by Gasteiger charge is -2.20. The molecule has 0 radical (unpaired) electrons. The molecule has 0 saturated carbocycles. The van der Waals surface area contributed by atoms with E-state index in [1.54, 1.807) is 0 Å². The first kappa shape index (κ1) is 9.34. The van der Waals surface area contributed by atoms with Gasteiger partial charge in [-0.2, -0.15) is 0 Å². The molecule has 74 valence electrons. The van der Waals surface area contributed by atoms with Gasteiger partial charge in [-0.15, -0.1) is 0 Å². The smallest absolute Gasteiger partial charge is 0.337 e. The number of nitrogens with one attached hydrogen (secondary N) is 1. The van der Waals surface area contributed by atoms with Gasteiger partial charge in [0.2, 0.25) is 0 Å². The highest BCUT2D eigenvalue weighted by Crippen LogP contribution is 2.29. The molecule has 0 aromatic heterocycles. The Kier molecular flexibility index (Phi) is 2.33. The molecule has 0 aliphatic carbocycles. The molecule has 1 aromatic rings. The summed E-state index contributed by atoms with van der Waals surface area (Å²) in [6.45, 7) is 0.828. The molecule has 1 aliphatic heterocycles. The molecule has 3 nitrogen and oxygen atoms in total. The van der Waals surface area contributed by atoms with Crippen LogP contribution in [0.25, 0.3) is 0 Å². The highest BCUT2D eigenvalue weighted by atomic mass is 35.5. The minimum Gasteiger partial charge on any atom is -0.478 e. The van der Waals surface area contributed by atoms with Crippen molar-refractivity contribution in [3.63, 3.8) is 0 Å². The topological polar surface area (TPSA) is 49.3 Å². The fourth-order valence-corrected chi connectivity index (χ4v) is 1.97. The Bertz CT molecular complexity index is 390. The van der Waals surface area contributed by atoms with Crippen LogP contribution in [-0.2, 0) is 6.42 Å². The largest absolute Gasteiger partial charge is 0.478 e. The van der Waals surface area contributed by atoms with E-state index in [2.05, 4.69) is 5.32 Å². The van der Waals surface area contributed by atoms with Crippen LogP contribution in [0.4, 0.5) is 5.69 Å². The number of carboxylic acid groups (broad SMARTS) is 1. The third-order valence-electron chi connectivity index (χ3n) is 2.34. The molecule has 0 fully saturated rings. The Morgan fingerprint density at radius 3 is 3.00 bits per heavy atom. The summed E-state index contributed by atoms with van der Waals surface area (Å²) >= 11 is 5.83. The van der Waals surface area contributed by atoms with Crippen molar-refractivity contribution in [2.75, 3.05) is 11.9 Å². The molecule has 0 unspecified atom stereocenters. The maximum atomic E-state index is 10.9. The molecule has 1 aromatic carbocycles. The van der Waals surface area contributed by atoms with E-state index in [0.29, 0.717) is 5.02 Å². The maximum Gasteiger partial charge on any atom is 0.337 e. The summed E-state index contributed by atoms with van der Waals surface area (Å²) in [5.74, 6) is -0.932. The first-order valence-corrected chi connectivity index (χ1v) is 4.86. The molecule has 14 heavy (non-hydrogen) atoms. The van der Waals surface area contributed by atoms with Crippen LogP contribution in [0, 0.1) is 0 Å². The third kappa shape index (κ3) is 1.55. The molecule has 0 atom stereocenters. The van der Waals surface area contributed by atoms with E-state index in [-0.39, 0.29) is 5.56 Å². The van der Waals surface area contributed by atoms with Gasteiger partial charge in [-0.05, 0) is 30.5 Å². The van der Waals surface area contributed by atoms with Crippen LogP contribution < -0.4 is 5.32 Å². The van der Waals surface area contributed by atoms with Gasteiger partial charge in [-0.3, -0.25) is 0 Å². The van der Waals surface area contributed by atoms with Gasteiger partial charge < -0.3 is 10.4 Å². The highest BCUT2D eigenvalue weighted by molar-refractivity contribution is 6.31. The number of anilines is 1. The zero-order valence-corrected chi connectivity index (χ0v) is 8.27. The minimum atomic E-state index is -0.932. The predicted molar refractivity (Wildman–Crippen MR) is 55.2 cm³/mol. The van der Waals surface area contributed by atoms with E-state index in [1.165, 1.54) is 6.07 Å². The van der Waals surface area contributed by atoms with Gasteiger partial charge in [0.1, 0.15) is 0 Å². The van der Waals surface area contributed by atoms with Gasteiger partial charge in [0.05, 0.1) is 11.3 Å². The molecule has 2 rings (SSSR count). The van der Waals surface area contributed by atoms with Crippen molar-refractivity contribution in [3.05, 3.63) is 28.3 Å². The van der Waals surface area contributed by atoms with E-state index < -0.39 is 5.97 Å². The Labute approximate surface area is 86.7 Å². The molecule has 1 heterocycles. The number of halogens is 1. The van der Waals surface area contributed by atoms with E-state index >= 15 is 0 Å². The number of aryl methyl sites for hydroxylation is 1. The minimum absolute atomic E-state index is 0.271. The summed E-state index contributed by atoms with van der Waals surface area (Å²) in [7, 11) is 0. The second-order valence-electron chi connectivity index (χ2n) is 3.32. The molecule has 4 heteroatoms. The van der Waals surface area contributed by atoms with Gasteiger partial charge in [-0.25, -0.2) is 4.79 Å². The molecular formula is C10H10ClNO2. The van der Waals surface area contributed by atoms with Gasteiger partial charge in [0.15, 0.2) is 0 Å². The van der Waals surface area contributed by atoms with Crippen LogP contribution in [0.3, 0.4) is 0 Å². The maximum absolute atomic E-state index is 10.9. The van der Waals surface area contributed by atoms with E-state index in [4.69, 9.17) is 16.7 Å². The standard InChI is InChI=1S/C10H10ClNO2/c11-7-4-6-2-1-3-12-9(6)8(5-7)10(13)14/h4-5,12H,1-3H2,(H,13,14). The summed E-state index contributed by atoms with van der Waals surface area (Å²) in [6.07, 6.45) is 1.91. The number of carbonyl (C=O) groups is 1. The number of fused-ring (bicyclic) bond motifs is 1. The van der Waals surface area contributed by atoms with Crippen molar-refractivity contribution >= 4 is 23.3 Å². The van der Waals surface area contributed by atoms with Crippen LogP contribution in [0.5, 0.6) is 0 Å². The Hall–Kier alpha value is -1.22. The monoisotopic (exact) mass is 211 g/mol. The lowest BCUT2D eigenvalue weighted by molar-refractivity contribution is 0.0697. The van der Waals surface area contributed by atoms with Crippen LogP contribution >= 0.6 is 11.6 Å². The molecule has 2 N–H and O–H groups in total. The number of hydrogen-bond acceptors (Lipinski definition) is 2. The second-order valence-corrected chi connectivity index (χ2v) is 3.76. The average Bonchev–Trinajstić information content (AvgIpc) is 2.16. The number of rotatable bonds is 1. The van der Waals surface area contributed by atoms with E-state index in [0.717, 1.165) is 30.6 Å². The molecule has 0 amide bonds. The van der Waals surface area contributed by atoms with Crippen molar-refractivity contribution in [1.29, 1.82) is 0 Å². The van der Waals surface area contributed by atoms with E-state index in [9.17, 15) is 4.79 Å². The SMILES string of the molecule is O=C(O)c1cc(Cl)cc2c1NCCC2. The first-order chi connectivity index (χ1) is 6.68. The van der Waals surface area contributed by atoms with Gasteiger partial charge >= 0.3 is 5.97 Å². The predicted octanol–water partition coefficient (Wildman–Crippen LogP) is 2.40. The number of carboxylic acids is 1. The van der Waals surface area contributed by atoms with Crippen molar-refractivity contribution in [2.45, 2.75) is 12.8 Å². The van der Waals surface area contributed by atoms with Crippen LogP contribution in [0.15, 0.2) is 12.1 Å². The quantitative estimate of drug-likeness (QED) is 0.750. The molecule has 0 bridgehead atoms. The molecule has 0 spiro atoms. The second kappa shape index (κ2) is 3.50. The van der Waals surface area contributed by atoms with Crippen molar-refractivity contribution in [2.24, 2.45) is 0 Å². The van der Waals surface area contributed by atoms with Crippen LogP contribution in [0.2, 0.25) is 5.02 Å². The summed E-state index contributed by atoms with van der Waals surface area (Å²) < 4.78 is 0. The van der Waals surface area contributed by atoms with Crippen LogP contribution in [-0.4, -0.2) is 17.6 Å². The zero-order valence-electron chi connectivity index (χ0n) is 7.51. The van der Waals surface area contributed by atoms with Gasteiger partial charge in [0, 0.05) is 11.6 Å². The summed E-state index contributed by atoms with van der Waals surface area (Å²) in [5.41, 5.74) is 2.00. The van der Waals surface area contributed by atoms with Crippen molar-refractivity contribution in [3.8, 4) is 0 Å². The molecule has 1 aliphatic rings. The number of aromatic carboxylic acids is 1. The van der Waals surface area contributed by atoms with Crippen molar-refractivity contribution in [1.82, 2.24) is 0 Å². The van der Waals surface area contributed by atoms with E-state index in [1.807, 2.05) is 6.07 Å². The lowest BCUT2D eigenvalue weighted by atomic mass is 9.99. The normalized spacial score (nSPS) is 14.4. The lowest BCUT2D eigenvalue weighted by Crippen LogP contribution is -2.15. The highest BCUT2D eigenvalue weighted by Gasteiger charge is 2.17. The van der Waals surface area contributed by atoms with Crippen molar-refractivity contribution < 1.29 is 9.90 Å². The van der Waals surface area contributed by atoms with Crippen LogP contribution in [0.1, 0.15) is 22.3 Å². The average molecular weight is 212 g/mol. The van der Waals surface area contributed by atoms with Gasteiger partial charge in [-0.1, -0.05) is 11.6 Å². The Balaban J connectivity index is 2.58. The third-order valence-corrected chi connectivity index (χ3v) is 2.56. The summed E-state index contributed by atoms with van der Waals surface area (Å²) in [4.78, 5) is 10.9. The summed E-state index contributed by atoms with van der Waals surface area (Å²) in [5, 5.41) is 12.6. The number of benzene rings is 1. The molecular weight excluding hydrogens is 202 g/mol. The summed E-state index contributed by atoms with van der Waals surface area (Å²) in [6, 6.07) is 3.32. The van der Waals surface area contributed by atoms with Gasteiger partial charge in [0.25, 0.3) is 0 Å². The fourth-order valence-electron chi connectivity index (χ4n) is 1.73. The first-order valence-electron chi connectivity index (χ1n) is 4.48. The number of hydrogen-bond donors (Lipinski definition) is 2.